The molecule has 154 valence electrons. The Balaban J connectivity index is 1.83. The molecule has 0 bridgehead atoms. The van der Waals surface area contributed by atoms with E-state index in [0.29, 0.717) is 25.1 Å². The number of likely N-dealkylation sites (tertiary alicyclic amines) is 1. The number of anilines is 1. The van der Waals surface area contributed by atoms with E-state index in [1.54, 1.807) is 26.8 Å². The lowest BCUT2D eigenvalue weighted by molar-refractivity contribution is -0.153. The van der Waals surface area contributed by atoms with Crippen LogP contribution in [0.5, 0.6) is 0 Å². The lowest BCUT2D eigenvalue weighted by atomic mass is 9.98. The molecule has 1 aromatic rings. The van der Waals surface area contributed by atoms with E-state index in [1.807, 2.05) is 19.1 Å². The summed E-state index contributed by atoms with van der Waals surface area (Å²) in [6, 6.07) is 5.54. The zero-order valence-electron chi connectivity index (χ0n) is 16.7. The molecule has 2 rings (SSSR count). The highest BCUT2D eigenvalue weighted by Gasteiger charge is 2.32. The summed E-state index contributed by atoms with van der Waals surface area (Å²) in [6.07, 6.45) is 0.858. The third-order valence-electron chi connectivity index (χ3n) is 4.15. The van der Waals surface area contributed by atoms with Crippen LogP contribution in [0.15, 0.2) is 22.7 Å². The summed E-state index contributed by atoms with van der Waals surface area (Å²) < 4.78 is 11.3. The van der Waals surface area contributed by atoms with Gasteiger partial charge < -0.3 is 19.7 Å². The molecule has 1 N–H and O–H groups in total. The Hall–Kier alpha value is -2.09. The minimum absolute atomic E-state index is 0.235. The number of esters is 1. The third kappa shape index (κ3) is 6.82. The summed E-state index contributed by atoms with van der Waals surface area (Å²) >= 11 is 3.39. The molecule has 1 aliphatic heterocycles. The van der Waals surface area contributed by atoms with Gasteiger partial charge in [0.2, 0.25) is 0 Å². The van der Waals surface area contributed by atoms with Gasteiger partial charge in [0.15, 0.2) is 6.61 Å². The first-order valence-corrected chi connectivity index (χ1v) is 10.0. The molecule has 1 saturated heterocycles. The van der Waals surface area contributed by atoms with Crippen LogP contribution in [-0.2, 0) is 19.1 Å². The van der Waals surface area contributed by atoms with Crippen LogP contribution in [0.1, 0.15) is 39.2 Å². The summed E-state index contributed by atoms with van der Waals surface area (Å²) in [7, 11) is 0. The van der Waals surface area contributed by atoms with Gasteiger partial charge in [-0.25, -0.2) is 4.79 Å². The standard InChI is InChI=1S/C20H27BrN2O5/c1-13-7-8-16(15(21)10-13)22-17(24)12-27-18(25)14-6-5-9-23(11-14)19(26)28-20(2,3)4/h7-8,10,14H,5-6,9,11-12H2,1-4H3,(H,22,24). The number of aryl methyl sites for hydroxylation is 1. The van der Waals surface area contributed by atoms with E-state index < -0.39 is 29.5 Å². The van der Waals surface area contributed by atoms with E-state index in [9.17, 15) is 14.4 Å². The highest BCUT2D eigenvalue weighted by atomic mass is 79.9. The van der Waals surface area contributed by atoms with Gasteiger partial charge in [0, 0.05) is 17.6 Å². The molecule has 0 aliphatic carbocycles. The van der Waals surface area contributed by atoms with Crippen molar-refractivity contribution in [3.8, 4) is 0 Å². The topological polar surface area (TPSA) is 84.9 Å². The molecule has 1 atom stereocenters. The van der Waals surface area contributed by atoms with E-state index in [-0.39, 0.29) is 13.2 Å². The van der Waals surface area contributed by atoms with Gasteiger partial charge in [-0.05, 0) is 74.2 Å². The fourth-order valence-corrected chi connectivity index (χ4v) is 3.42. The van der Waals surface area contributed by atoms with Crippen LogP contribution in [0.3, 0.4) is 0 Å². The molecule has 1 aromatic carbocycles. The summed E-state index contributed by atoms with van der Waals surface area (Å²) in [4.78, 5) is 38.1. The van der Waals surface area contributed by atoms with Crippen LogP contribution in [0.2, 0.25) is 0 Å². The Morgan fingerprint density at radius 2 is 2.00 bits per heavy atom. The fourth-order valence-electron chi connectivity index (χ4n) is 2.82. The SMILES string of the molecule is Cc1ccc(NC(=O)COC(=O)C2CCCN(C(=O)OC(C)(C)C)C2)c(Br)c1. The summed E-state index contributed by atoms with van der Waals surface area (Å²) in [5, 5.41) is 2.70. The number of benzene rings is 1. The molecule has 1 unspecified atom stereocenters. The van der Waals surface area contributed by atoms with E-state index >= 15 is 0 Å². The molecule has 2 amide bonds. The van der Waals surface area contributed by atoms with Gasteiger partial charge in [0.05, 0.1) is 11.6 Å². The van der Waals surface area contributed by atoms with Crippen molar-refractivity contribution in [1.82, 2.24) is 4.90 Å². The van der Waals surface area contributed by atoms with Crippen LogP contribution in [-0.4, -0.2) is 48.2 Å². The number of hydrogen-bond donors (Lipinski definition) is 1. The third-order valence-corrected chi connectivity index (χ3v) is 4.81. The number of ether oxygens (including phenoxy) is 2. The number of piperidine rings is 1. The van der Waals surface area contributed by atoms with Crippen molar-refractivity contribution in [3.05, 3.63) is 28.2 Å². The molecule has 7 nitrogen and oxygen atoms in total. The Labute approximate surface area is 173 Å². The van der Waals surface area contributed by atoms with Crippen molar-refractivity contribution < 1.29 is 23.9 Å². The minimum atomic E-state index is -0.590. The first-order chi connectivity index (χ1) is 13.0. The lowest BCUT2D eigenvalue weighted by Crippen LogP contribution is -2.45. The van der Waals surface area contributed by atoms with E-state index in [2.05, 4.69) is 21.2 Å². The number of halogens is 1. The van der Waals surface area contributed by atoms with E-state index in [0.717, 1.165) is 10.0 Å². The van der Waals surface area contributed by atoms with Crippen molar-refractivity contribution in [3.63, 3.8) is 0 Å². The van der Waals surface area contributed by atoms with Crippen LogP contribution < -0.4 is 5.32 Å². The molecule has 0 saturated carbocycles. The van der Waals surface area contributed by atoms with Crippen molar-refractivity contribution in [2.45, 2.75) is 46.1 Å². The Morgan fingerprint density at radius 1 is 1.29 bits per heavy atom. The van der Waals surface area contributed by atoms with Gasteiger partial charge in [-0.1, -0.05) is 6.07 Å². The number of rotatable bonds is 4. The Bertz CT molecular complexity index is 745. The van der Waals surface area contributed by atoms with Crippen molar-refractivity contribution in [2.75, 3.05) is 25.0 Å². The number of amides is 2. The minimum Gasteiger partial charge on any atom is -0.455 e. The lowest BCUT2D eigenvalue weighted by Gasteiger charge is -2.33. The van der Waals surface area contributed by atoms with Gasteiger partial charge >= 0.3 is 12.1 Å². The van der Waals surface area contributed by atoms with E-state index in [4.69, 9.17) is 9.47 Å². The summed E-state index contributed by atoms with van der Waals surface area (Å²) in [5.74, 6) is -1.36. The van der Waals surface area contributed by atoms with Gasteiger partial charge in [0.25, 0.3) is 5.91 Å². The largest absolute Gasteiger partial charge is 0.455 e. The average molecular weight is 455 g/mol. The molecule has 8 heteroatoms. The molecular weight excluding hydrogens is 428 g/mol. The van der Waals surface area contributed by atoms with Crippen LogP contribution >= 0.6 is 15.9 Å². The number of nitrogens with zero attached hydrogens (tertiary/aromatic N) is 1. The molecule has 1 aliphatic rings. The second-order valence-electron chi connectivity index (χ2n) is 7.90. The predicted molar refractivity (Wildman–Crippen MR) is 109 cm³/mol. The number of carbonyl (C=O) groups is 3. The maximum atomic E-state index is 12.3. The van der Waals surface area contributed by atoms with Crippen LogP contribution in [0.25, 0.3) is 0 Å². The van der Waals surface area contributed by atoms with E-state index in [1.165, 1.54) is 4.90 Å². The predicted octanol–water partition coefficient (Wildman–Crippen LogP) is 3.89. The summed E-state index contributed by atoms with van der Waals surface area (Å²) in [5.41, 5.74) is 1.08. The Morgan fingerprint density at radius 3 is 2.64 bits per heavy atom. The molecule has 0 spiro atoms. The average Bonchev–Trinajstić information content (AvgIpc) is 2.61. The second-order valence-corrected chi connectivity index (χ2v) is 8.76. The van der Waals surface area contributed by atoms with Crippen molar-refractivity contribution in [2.24, 2.45) is 5.92 Å². The first-order valence-electron chi connectivity index (χ1n) is 9.26. The highest BCUT2D eigenvalue weighted by molar-refractivity contribution is 9.10. The Kier molecular flexibility index (Phi) is 7.46. The number of hydrogen-bond acceptors (Lipinski definition) is 5. The first kappa shape index (κ1) is 22.2. The monoisotopic (exact) mass is 454 g/mol. The van der Waals surface area contributed by atoms with Gasteiger partial charge in [-0.15, -0.1) is 0 Å². The van der Waals surface area contributed by atoms with Gasteiger partial charge in [0.1, 0.15) is 5.60 Å². The molecule has 1 fully saturated rings. The van der Waals surface area contributed by atoms with Gasteiger partial charge in [-0.3, -0.25) is 9.59 Å². The molecule has 0 aromatic heterocycles. The van der Waals surface area contributed by atoms with Crippen LogP contribution in [0, 0.1) is 12.8 Å². The molecule has 1 heterocycles. The maximum Gasteiger partial charge on any atom is 0.410 e. The zero-order valence-corrected chi connectivity index (χ0v) is 18.3. The normalized spacial score (nSPS) is 17.0. The molecule has 28 heavy (non-hydrogen) atoms. The quantitative estimate of drug-likeness (QED) is 0.697. The van der Waals surface area contributed by atoms with Gasteiger partial charge in [-0.2, -0.15) is 0 Å². The highest BCUT2D eigenvalue weighted by Crippen LogP contribution is 2.23. The van der Waals surface area contributed by atoms with Crippen molar-refractivity contribution >= 4 is 39.6 Å². The second kappa shape index (κ2) is 9.41. The zero-order chi connectivity index (χ0) is 20.9. The summed E-state index contributed by atoms with van der Waals surface area (Å²) in [6.45, 7) is 7.74. The molecule has 0 radical (unpaired) electrons. The van der Waals surface area contributed by atoms with Crippen molar-refractivity contribution in [1.29, 1.82) is 0 Å². The number of nitrogens with one attached hydrogen (secondary N) is 1. The smallest absolute Gasteiger partial charge is 0.410 e. The molecular formula is C20H27BrN2O5. The number of carbonyl (C=O) groups excluding carboxylic acids is 3. The fraction of sp³-hybridized carbons (Fsp3) is 0.550. The van der Waals surface area contributed by atoms with Crippen LogP contribution in [0.4, 0.5) is 10.5 Å². The maximum absolute atomic E-state index is 12.3.